The van der Waals surface area contributed by atoms with Crippen molar-refractivity contribution in [3.8, 4) is 11.4 Å². The molecule has 0 bridgehead atoms. The molecule has 0 radical (unpaired) electrons. The minimum atomic E-state index is -0.432. The highest BCUT2D eigenvalue weighted by Gasteiger charge is 2.19. The van der Waals surface area contributed by atoms with Gasteiger partial charge in [-0.2, -0.15) is 0 Å². The molecule has 4 rings (SSSR count). The Hall–Kier alpha value is -3.36. The van der Waals surface area contributed by atoms with Crippen molar-refractivity contribution in [2.45, 2.75) is 24.8 Å². The highest BCUT2D eigenvalue weighted by atomic mass is 35.5. The lowest BCUT2D eigenvalue weighted by Gasteiger charge is -2.19. The number of halogens is 2. The second kappa shape index (κ2) is 11.1. The second-order valence-electron chi connectivity index (χ2n) is 7.93. The van der Waals surface area contributed by atoms with E-state index in [9.17, 15) is 14.0 Å². The molecule has 186 valence electrons. The van der Waals surface area contributed by atoms with Crippen molar-refractivity contribution in [3.05, 3.63) is 93.0 Å². The van der Waals surface area contributed by atoms with E-state index in [1.807, 2.05) is 13.8 Å². The number of aromatic nitrogens is 2. The number of rotatable bonds is 8. The number of amides is 1. The maximum absolute atomic E-state index is 14.4. The van der Waals surface area contributed by atoms with Crippen molar-refractivity contribution in [2.24, 2.45) is 0 Å². The monoisotopic (exact) mass is 525 g/mol. The van der Waals surface area contributed by atoms with Crippen LogP contribution in [0.4, 0.5) is 4.39 Å². The van der Waals surface area contributed by atoms with Gasteiger partial charge in [0.25, 0.3) is 11.5 Å². The maximum atomic E-state index is 14.4. The minimum Gasteiger partial charge on any atom is -0.497 e. The Morgan fingerprint density at radius 2 is 1.86 bits per heavy atom. The first-order valence-corrected chi connectivity index (χ1v) is 12.8. The molecule has 0 N–H and O–H groups in total. The van der Waals surface area contributed by atoms with Crippen LogP contribution in [0.25, 0.3) is 16.6 Å². The number of thioether (sulfide) groups is 1. The number of hydrogen-bond acceptors (Lipinski definition) is 5. The van der Waals surface area contributed by atoms with E-state index < -0.39 is 5.82 Å². The summed E-state index contributed by atoms with van der Waals surface area (Å²) < 4.78 is 21.3. The van der Waals surface area contributed by atoms with Crippen LogP contribution < -0.4 is 10.3 Å². The quantitative estimate of drug-likeness (QED) is 0.210. The summed E-state index contributed by atoms with van der Waals surface area (Å²) in [6.07, 6.45) is 0. The van der Waals surface area contributed by atoms with E-state index in [0.29, 0.717) is 56.7 Å². The standard InChI is InChI=1S/C27H25ClFN3O3S/c1-4-31(5-2)25(33)17-12-13-20-24(14-17)30-27(36-16-21-22(28)10-7-11-23(21)29)32(26(20)34)18-8-6-9-19(15-18)35-3/h6-15H,4-5,16H2,1-3H3. The number of benzene rings is 3. The van der Waals surface area contributed by atoms with Gasteiger partial charge in [-0.25, -0.2) is 9.37 Å². The number of nitrogens with zero attached hydrogens (tertiary/aromatic N) is 3. The van der Waals surface area contributed by atoms with Gasteiger partial charge in [0, 0.05) is 41.1 Å². The van der Waals surface area contributed by atoms with E-state index in [4.69, 9.17) is 21.3 Å². The van der Waals surface area contributed by atoms with Gasteiger partial charge in [-0.15, -0.1) is 0 Å². The number of fused-ring (bicyclic) bond motifs is 1. The van der Waals surface area contributed by atoms with Crippen LogP contribution in [0.5, 0.6) is 5.75 Å². The van der Waals surface area contributed by atoms with Gasteiger partial charge >= 0.3 is 0 Å². The fourth-order valence-corrected chi connectivity index (χ4v) is 5.23. The lowest BCUT2D eigenvalue weighted by molar-refractivity contribution is 0.0773. The molecule has 4 aromatic rings. The highest BCUT2D eigenvalue weighted by Crippen LogP contribution is 2.30. The molecular weight excluding hydrogens is 501 g/mol. The summed E-state index contributed by atoms with van der Waals surface area (Å²) in [7, 11) is 1.55. The number of methoxy groups -OCH3 is 1. The Kier molecular flexibility index (Phi) is 7.96. The lowest BCUT2D eigenvalue weighted by Crippen LogP contribution is -2.30. The number of carbonyl (C=O) groups excluding carboxylic acids is 1. The van der Waals surface area contributed by atoms with Gasteiger partial charge in [-0.3, -0.25) is 14.2 Å². The Morgan fingerprint density at radius 3 is 2.56 bits per heavy atom. The zero-order valence-electron chi connectivity index (χ0n) is 20.1. The molecule has 0 saturated heterocycles. The summed E-state index contributed by atoms with van der Waals surface area (Å²) in [6.45, 7) is 4.97. The van der Waals surface area contributed by atoms with E-state index in [2.05, 4.69) is 0 Å². The van der Waals surface area contributed by atoms with Crippen LogP contribution in [0.1, 0.15) is 29.8 Å². The minimum absolute atomic E-state index is 0.131. The molecular formula is C27H25ClFN3O3S. The van der Waals surface area contributed by atoms with Gasteiger partial charge in [-0.05, 0) is 56.3 Å². The Labute approximate surface area is 217 Å². The fraction of sp³-hybridized carbons (Fsp3) is 0.222. The van der Waals surface area contributed by atoms with E-state index in [-0.39, 0.29) is 17.2 Å². The normalized spacial score (nSPS) is 11.0. The predicted molar refractivity (Wildman–Crippen MR) is 142 cm³/mol. The molecule has 0 atom stereocenters. The zero-order chi connectivity index (χ0) is 25.8. The molecule has 1 amide bonds. The number of hydrogen-bond donors (Lipinski definition) is 0. The van der Waals surface area contributed by atoms with Gasteiger partial charge in [0.05, 0.1) is 23.7 Å². The molecule has 6 nitrogen and oxygen atoms in total. The van der Waals surface area contributed by atoms with Gasteiger partial charge in [-0.1, -0.05) is 35.5 Å². The van der Waals surface area contributed by atoms with E-state index in [1.165, 1.54) is 22.4 Å². The summed E-state index contributed by atoms with van der Waals surface area (Å²) in [5.41, 5.74) is 1.40. The summed E-state index contributed by atoms with van der Waals surface area (Å²) in [6, 6.07) is 16.5. The van der Waals surface area contributed by atoms with Crippen LogP contribution in [0.3, 0.4) is 0 Å². The average molecular weight is 526 g/mol. The van der Waals surface area contributed by atoms with Crippen molar-refractivity contribution < 1.29 is 13.9 Å². The molecule has 0 spiro atoms. The summed E-state index contributed by atoms with van der Waals surface area (Å²) in [4.78, 5) is 33.0. The first-order chi connectivity index (χ1) is 17.4. The maximum Gasteiger partial charge on any atom is 0.266 e. The van der Waals surface area contributed by atoms with Gasteiger partial charge in [0.1, 0.15) is 11.6 Å². The van der Waals surface area contributed by atoms with E-state index in [0.717, 1.165) is 0 Å². The van der Waals surface area contributed by atoms with Crippen molar-refractivity contribution in [1.29, 1.82) is 0 Å². The molecule has 0 saturated carbocycles. The van der Waals surface area contributed by atoms with E-state index >= 15 is 0 Å². The van der Waals surface area contributed by atoms with E-state index in [1.54, 1.807) is 66.6 Å². The van der Waals surface area contributed by atoms with Crippen molar-refractivity contribution in [1.82, 2.24) is 14.5 Å². The summed E-state index contributed by atoms with van der Waals surface area (Å²) in [5.74, 6) is 0.171. The van der Waals surface area contributed by atoms with Gasteiger partial charge < -0.3 is 9.64 Å². The van der Waals surface area contributed by atoms with Crippen LogP contribution in [0, 0.1) is 5.82 Å². The molecule has 0 aliphatic rings. The molecule has 0 aliphatic heterocycles. The zero-order valence-corrected chi connectivity index (χ0v) is 21.7. The van der Waals surface area contributed by atoms with Crippen LogP contribution >= 0.6 is 23.4 Å². The Morgan fingerprint density at radius 1 is 1.11 bits per heavy atom. The molecule has 0 aliphatic carbocycles. The first kappa shape index (κ1) is 25.7. The van der Waals surface area contributed by atoms with Gasteiger partial charge in [0.2, 0.25) is 0 Å². The molecule has 36 heavy (non-hydrogen) atoms. The third-order valence-corrected chi connectivity index (χ3v) is 7.17. The van der Waals surface area contributed by atoms with Crippen LogP contribution in [-0.4, -0.2) is 40.6 Å². The largest absolute Gasteiger partial charge is 0.497 e. The Balaban J connectivity index is 1.88. The van der Waals surface area contributed by atoms with Crippen molar-refractivity contribution >= 4 is 40.2 Å². The molecule has 0 unspecified atom stereocenters. The summed E-state index contributed by atoms with van der Waals surface area (Å²) >= 11 is 7.42. The second-order valence-corrected chi connectivity index (χ2v) is 9.28. The topological polar surface area (TPSA) is 64.4 Å². The number of ether oxygens (including phenoxy) is 1. The smallest absolute Gasteiger partial charge is 0.266 e. The average Bonchev–Trinajstić information content (AvgIpc) is 2.88. The SMILES string of the molecule is CCN(CC)C(=O)c1ccc2c(=O)n(-c3cccc(OC)c3)c(SCc3c(F)cccc3Cl)nc2c1. The molecule has 3 aromatic carbocycles. The molecule has 9 heteroatoms. The van der Waals surface area contributed by atoms with Crippen molar-refractivity contribution in [3.63, 3.8) is 0 Å². The van der Waals surface area contributed by atoms with Crippen LogP contribution in [0.2, 0.25) is 5.02 Å². The number of carbonyl (C=O) groups is 1. The first-order valence-electron chi connectivity index (χ1n) is 11.4. The molecule has 1 heterocycles. The Bertz CT molecular complexity index is 1470. The lowest BCUT2D eigenvalue weighted by atomic mass is 10.1. The third kappa shape index (κ3) is 5.10. The predicted octanol–water partition coefficient (Wildman–Crippen LogP) is 5.96. The third-order valence-electron chi connectivity index (χ3n) is 5.86. The van der Waals surface area contributed by atoms with Crippen LogP contribution in [-0.2, 0) is 5.75 Å². The fourth-order valence-electron chi connectivity index (χ4n) is 3.87. The van der Waals surface area contributed by atoms with Crippen molar-refractivity contribution in [2.75, 3.05) is 20.2 Å². The summed E-state index contributed by atoms with van der Waals surface area (Å²) in [5, 5.41) is 1.00. The molecule has 0 fully saturated rings. The van der Waals surface area contributed by atoms with Gasteiger partial charge in [0.15, 0.2) is 5.16 Å². The van der Waals surface area contributed by atoms with Crippen LogP contribution in [0.15, 0.2) is 70.6 Å². The molecule has 1 aromatic heterocycles. The highest BCUT2D eigenvalue weighted by molar-refractivity contribution is 7.98.